The van der Waals surface area contributed by atoms with Crippen molar-refractivity contribution in [3.8, 4) is 17.1 Å². The Kier molecular flexibility index (Phi) is 3.83. The number of hydrogen-bond acceptors (Lipinski definition) is 4. The zero-order valence-electron chi connectivity index (χ0n) is 12.1. The van der Waals surface area contributed by atoms with Gasteiger partial charge in [0, 0.05) is 10.3 Å². The average molecular weight is 319 g/mol. The Morgan fingerprint density at radius 1 is 1.24 bits per heavy atom. The van der Waals surface area contributed by atoms with E-state index in [1.807, 2.05) is 25.1 Å². The van der Waals surface area contributed by atoms with Gasteiger partial charge in [-0.1, -0.05) is 24.6 Å². The number of halogens is 1. The summed E-state index contributed by atoms with van der Waals surface area (Å²) in [4.78, 5) is 11.3. The molecule has 0 aliphatic heterocycles. The molecule has 21 heavy (non-hydrogen) atoms. The van der Waals surface area contributed by atoms with Crippen LogP contribution in [0.1, 0.15) is 17.4 Å². The van der Waals surface area contributed by atoms with Crippen molar-refractivity contribution in [1.82, 2.24) is 9.97 Å². The highest BCUT2D eigenvalue weighted by Crippen LogP contribution is 2.34. The molecule has 3 nitrogen and oxygen atoms in total. The second-order valence-corrected chi connectivity index (χ2v) is 6.30. The molecule has 1 aromatic carbocycles. The quantitative estimate of drug-likeness (QED) is 0.645. The molecule has 0 N–H and O–H groups in total. The number of rotatable bonds is 3. The van der Waals surface area contributed by atoms with E-state index in [1.165, 1.54) is 4.88 Å². The average Bonchev–Trinajstić information content (AvgIpc) is 2.90. The fraction of sp³-hybridized carbons (Fsp3) is 0.250. The van der Waals surface area contributed by atoms with Crippen LogP contribution in [0.15, 0.2) is 24.3 Å². The summed E-state index contributed by atoms with van der Waals surface area (Å²) in [5.74, 6) is 1.37. The van der Waals surface area contributed by atoms with Gasteiger partial charge in [0.25, 0.3) is 0 Å². The van der Waals surface area contributed by atoms with Crippen molar-refractivity contribution in [1.29, 1.82) is 0 Å². The van der Waals surface area contributed by atoms with Crippen LogP contribution in [-0.2, 0) is 6.42 Å². The molecule has 0 aliphatic rings. The molecule has 0 aliphatic carbocycles. The molecular weight excluding hydrogens is 304 g/mol. The third kappa shape index (κ3) is 2.61. The Balaban J connectivity index is 2.21. The lowest BCUT2D eigenvalue weighted by Crippen LogP contribution is -1.94. The van der Waals surface area contributed by atoms with E-state index in [0.29, 0.717) is 11.0 Å². The topological polar surface area (TPSA) is 35.0 Å². The summed E-state index contributed by atoms with van der Waals surface area (Å²) >= 11 is 7.98. The molecular formula is C16H15ClN2OS. The summed E-state index contributed by atoms with van der Waals surface area (Å²) in [6.45, 7) is 4.14. The third-order valence-corrected chi connectivity index (χ3v) is 4.81. The standard InChI is InChI=1S/C16H15ClN2OS/c1-4-10-8-12-14(17)18-15(19-16(12)21-10)11-6-5-9(2)7-13(11)20-3/h5-8H,4H2,1-3H3. The number of nitrogens with zero attached hydrogens (tertiary/aromatic N) is 2. The van der Waals surface area contributed by atoms with E-state index in [4.69, 9.17) is 16.3 Å². The van der Waals surface area contributed by atoms with E-state index in [9.17, 15) is 0 Å². The molecule has 0 fully saturated rings. The largest absolute Gasteiger partial charge is 0.496 e. The fourth-order valence-corrected chi connectivity index (χ4v) is 3.46. The van der Waals surface area contributed by atoms with Crippen molar-refractivity contribution in [2.45, 2.75) is 20.3 Å². The molecule has 3 rings (SSSR count). The van der Waals surface area contributed by atoms with Crippen molar-refractivity contribution in [2.75, 3.05) is 7.11 Å². The summed E-state index contributed by atoms with van der Waals surface area (Å²) < 4.78 is 5.44. The molecule has 3 aromatic rings. The Labute approximate surface area is 132 Å². The van der Waals surface area contributed by atoms with E-state index in [1.54, 1.807) is 18.4 Å². The monoisotopic (exact) mass is 318 g/mol. The molecule has 108 valence electrons. The highest BCUT2D eigenvalue weighted by atomic mass is 35.5. The SMILES string of the molecule is CCc1cc2c(Cl)nc(-c3ccc(C)cc3OC)nc2s1. The zero-order valence-corrected chi connectivity index (χ0v) is 13.7. The van der Waals surface area contributed by atoms with E-state index >= 15 is 0 Å². The first-order valence-corrected chi connectivity index (χ1v) is 7.92. The number of hydrogen-bond donors (Lipinski definition) is 0. The van der Waals surface area contributed by atoms with Gasteiger partial charge < -0.3 is 4.74 Å². The molecule has 0 saturated heterocycles. The van der Waals surface area contributed by atoms with Crippen LogP contribution in [0.4, 0.5) is 0 Å². The Hall–Kier alpha value is -1.65. The fourth-order valence-electron chi connectivity index (χ4n) is 2.21. The molecule has 0 radical (unpaired) electrons. The number of fused-ring (bicyclic) bond motifs is 1. The predicted octanol–water partition coefficient (Wildman–Crippen LogP) is 4.89. The molecule has 2 aromatic heterocycles. The van der Waals surface area contributed by atoms with Gasteiger partial charge in [0.2, 0.25) is 0 Å². The lowest BCUT2D eigenvalue weighted by atomic mass is 10.1. The first-order chi connectivity index (χ1) is 10.1. The van der Waals surface area contributed by atoms with Gasteiger partial charge in [-0.3, -0.25) is 0 Å². The Morgan fingerprint density at radius 2 is 2.05 bits per heavy atom. The summed E-state index contributed by atoms with van der Waals surface area (Å²) in [7, 11) is 1.65. The van der Waals surface area contributed by atoms with Gasteiger partial charge >= 0.3 is 0 Å². The molecule has 0 spiro atoms. The Morgan fingerprint density at radius 3 is 2.76 bits per heavy atom. The lowest BCUT2D eigenvalue weighted by Gasteiger charge is -2.08. The van der Waals surface area contributed by atoms with E-state index in [0.717, 1.165) is 33.5 Å². The molecule has 0 saturated carbocycles. The second kappa shape index (κ2) is 5.62. The van der Waals surface area contributed by atoms with Crippen LogP contribution in [0, 0.1) is 6.92 Å². The molecule has 0 amide bonds. The number of methoxy groups -OCH3 is 1. The van der Waals surface area contributed by atoms with Gasteiger partial charge in [0.05, 0.1) is 12.7 Å². The van der Waals surface area contributed by atoms with Crippen LogP contribution < -0.4 is 4.74 Å². The van der Waals surface area contributed by atoms with E-state index in [-0.39, 0.29) is 0 Å². The minimum Gasteiger partial charge on any atom is -0.496 e. The molecule has 5 heteroatoms. The maximum Gasteiger partial charge on any atom is 0.166 e. The van der Waals surface area contributed by atoms with Crippen LogP contribution in [0.2, 0.25) is 5.15 Å². The van der Waals surface area contributed by atoms with Crippen molar-refractivity contribution in [3.63, 3.8) is 0 Å². The van der Waals surface area contributed by atoms with Gasteiger partial charge in [-0.15, -0.1) is 11.3 Å². The zero-order chi connectivity index (χ0) is 15.0. The number of ether oxygens (including phenoxy) is 1. The number of thiophene rings is 1. The van der Waals surface area contributed by atoms with Gasteiger partial charge in [0.15, 0.2) is 5.82 Å². The van der Waals surface area contributed by atoms with Crippen molar-refractivity contribution >= 4 is 33.2 Å². The van der Waals surface area contributed by atoms with E-state index < -0.39 is 0 Å². The summed E-state index contributed by atoms with van der Waals surface area (Å²) in [5, 5.41) is 1.42. The van der Waals surface area contributed by atoms with Crippen molar-refractivity contribution < 1.29 is 4.74 Å². The first kappa shape index (κ1) is 14.3. The number of aryl methyl sites for hydroxylation is 2. The van der Waals surface area contributed by atoms with Gasteiger partial charge in [0.1, 0.15) is 15.7 Å². The van der Waals surface area contributed by atoms with Crippen LogP contribution in [0.3, 0.4) is 0 Å². The minimum atomic E-state index is 0.494. The van der Waals surface area contributed by atoms with E-state index in [2.05, 4.69) is 23.0 Å². The van der Waals surface area contributed by atoms with Crippen molar-refractivity contribution in [3.05, 3.63) is 39.9 Å². The van der Waals surface area contributed by atoms with Crippen LogP contribution >= 0.6 is 22.9 Å². The number of aromatic nitrogens is 2. The molecule has 2 heterocycles. The first-order valence-electron chi connectivity index (χ1n) is 6.73. The lowest BCUT2D eigenvalue weighted by molar-refractivity contribution is 0.416. The highest BCUT2D eigenvalue weighted by Gasteiger charge is 2.14. The number of benzene rings is 1. The normalized spacial score (nSPS) is 11.0. The molecule has 0 bridgehead atoms. The van der Waals surface area contributed by atoms with Gasteiger partial charge in [-0.2, -0.15) is 0 Å². The highest BCUT2D eigenvalue weighted by molar-refractivity contribution is 7.18. The Bertz CT molecular complexity index is 813. The van der Waals surface area contributed by atoms with Gasteiger partial charge in [-0.25, -0.2) is 9.97 Å². The third-order valence-electron chi connectivity index (χ3n) is 3.34. The summed E-state index contributed by atoms with van der Waals surface area (Å²) in [6.07, 6.45) is 0.973. The van der Waals surface area contributed by atoms with Gasteiger partial charge in [-0.05, 0) is 37.1 Å². The van der Waals surface area contributed by atoms with Crippen LogP contribution in [0.25, 0.3) is 21.6 Å². The minimum absolute atomic E-state index is 0.494. The van der Waals surface area contributed by atoms with Crippen LogP contribution in [0.5, 0.6) is 5.75 Å². The summed E-state index contributed by atoms with van der Waals surface area (Å²) in [5.41, 5.74) is 1.99. The van der Waals surface area contributed by atoms with Crippen LogP contribution in [-0.4, -0.2) is 17.1 Å². The predicted molar refractivity (Wildman–Crippen MR) is 88.5 cm³/mol. The maximum atomic E-state index is 6.32. The molecule has 0 atom stereocenters. The van der Waals surface area contributed by atoms with Crippen molar-refractivity contribution in [2.24, 2.45) is 0 Å². The smallest absolute Gasteiger partial charge is 0.166 e. The maximum absolute atomic E-state index is 6.32. The second-order valence-electron chi connectivity index (χ2n) is 4.83. The molecule has 0 unspecified atom stereocenters. The summed E-state index contributed by atoms with van der Waals surface area (Å²) in [6, 6.07) is 8.03.